The lowest BCUT2D eigenvalue weighted by molar-refractivity contribution is -0.121. The summed E-state index contributed by atoms with van der Waals surface area (Å²) in [7, 11) is 3.09. The van der Waals surface area contributed by atoms with Gasteiger partial charge < -0.3 is 19.5 Å². The monoisotopic (exact) mass is 336 g/mol. The average Bonchev–Trinajstić information content (AvgIpc) is 2.98. The van der Waals surface area contributed by atoms with Gasteiger partial charge in [0.05, 0.1) is 33.0 Å². The maximum Gasteiger partial charge on any atom is 0.414 e. The van der Waals surface area contributed by atoms with Gasteiger partial charge in [0.1, 0.15) is 6.10 Å². The number of anilines is 1. The van der Waals surface area contributed by atoms with Crippen molar-refractivity contribution in [2.75, 3.05) is 32.2 Å². The number of ether oxygens (including phenoxy) is 3. The molecule has 132 valence electrons. The Bertz CT molecular complexity index is 590. The normalized spacial score (nSPS) is 16.7. The van der Waals surface area contributed by atoms with E-state index in [0.717, 1.165) is 12.8 Å². The van der Waals surface area contributed by atoms with E-state index in [1.165, 1.54) is 4.90 Å². The van der Waals surface area contributed by atoms with Crippen molar-refractivity contribution in [3.8, 4) is 11.5 Å². The number of carbonyl (C=O) groups is 2. The van der Waals surface area contributed by atoms with Crippen LogP contribution in [-0.4, -0.2) is 45.4 Å². The topological polar surface area (TPSA) is 77.1 Å². The third-order valence-electron chi connectivity index (χ3n) is 3.84. The Labute approximate surface area is 141 Å². The number of hydrogen-bond donors (Lipinski definition) is 1. The van der Waals surface area contributed by atoms with E-state index in [1.807, 2.05) is 6.92 Å². The highest BCUT2D eigenvalue weighted by atomic mass is 16.6. The molecule has 0 bridgehead atoms. The first-order chi connectivity index (χ1) is 11.6. The summed E-state index contributed by atoms with van der Waals surface area (Å²) in [5.41, 5.74) is 0.664. The zero-order valence-corrected chi connectivity index (χ0v) is 14.3. The molecular formula is C17H24N2O5. The van der Waals surface area contributed by atoms with E-state index in [9.17, 15) is 9.59 Å². The fourth-order valence-electron chi connectivity index (χ4n) is 2.48. The largest absolute Gasteiger partial charge is 0.493 e. The van der Waals surface area contributed by atoms with Crippen LogP contribution in [-0.2, 0) is 9.53 Å². The number of unbranched alkanes of at least 4 members (excludes halogenated alkanes) is 1. The molecule has 1 fully saturated rings. The van der Waals surface area contributed by atoms with Crippen LogP contribution >= 0.6 is 0 Å². The number of benzene rings is 1. The Morgan fingerprint density at radius 3 is 2.75 bits per heavy atom. The average molecular weight is 336 g/mol. The smallest absolute Gasteiger partial charge is 0.414 e. The minimum absolute atomic E-state index is 0.0162. The fourth-order valence-corrected chi connectivity index (χ4v) is 2.48. The van der Waals surface area contributed by atoms with Crippen LogP contribution in [0.4, 0.5) is 10.5 Å². The van der Waals surface area contributed by atoms with E-state index < -0.39 is 6.09 Å². The van der Waals surface area contributed by atoms with Crippen LogP contribution in [0.3, 0.4) is 0 Å². The number of cyclic esters (lactones) is 1. The Morgan fingerprint density at radius 1 is 1.33 bits per heavy atom. The van der Waals surface area contributed by atoms with Crippen molar-refractivity contribution >= 4 is 17.7 Å². The highest BCUT2D eigenvalue weighted by Gasteiger charge is 2.32. The van der Waals surface area contributed by atoms with Crippen molar-refractivity contribution in [2.24, 2.45) is 0 Å². The SMILES string of the molecule is CCCCC(=O)NCC1CN(c2ccc(OC)c(OC)c2)C(=O)O1. The molecule has 1 unspecified atom stereocenters. The molecule has 0 saturated carbocycles. The highest BCUT2D eigenvalue weighted by Crippen LogP contribution is 2.33. The molecule has 1 heterocycles. The van der Waals surface area contributed by atoms with Gasteiger partial charge in [0.2, 0.25) is 5.91 Å². The molecule has 1 N–H and O–H groups in total. The predicted octanol–water partition coefficient (Wildman–Crippen LogP) is 2.34. The number of amides is 2. The van der Waals surface area contributed by atoms with Crippen molar-refractivity contribution in [3.05, 3.63) is 18.2 Å². The van der Waals surface area contributed by atoms with E-state index in [2.05, 4.69) is 5.32 Å². The summed E-state index contributed by atoms with van der Waals surface area (Å²) in [5.74, 6) is 1.12. The van der Waals surface area contributed by atoms with Crippen molar-refractivity contribution < 1.29 is 23.8 Å². The lowest BCUT2D eigenvalue weighted by atomic mass is 10.2. The molecular weight excluding hydrogens is 312 g/mol. The van der Waals surface area contributed by atoms with Gasteiger partial charge in [-0.05, 0) is 18.6 Å². The van der Waals surface area contributed by atoms with Gasteiger partial charge in [-0.3, -0.25) is 9.69 Å². The van der Waals surface area contributed by atoms with Crippen molar-refractivity contribution in [2.45, 2.75) is 32.3 Å². The fraction of sp³-hybridized carbons (Fsp3) is 0.529. The Hall–Kier alpha value is -2.44. The molecule has 0 spiro atoms. The summed E-state index contributed by atoms with van der Waals surface area (Å²) < 4.78 is 15.8. The molecule has 0 radical (unpaired) electrons. The van der Waals surface area contributed by atoms with Crippen LogP contribution in [0, 0.1) is 0 Å². The number of hydrogen-bond acceptors (Lipinski definition) is 5. The van der Waals surface area contributed by atoms with Crippen LogP contribution in [0.2, 0.25) is 0 Å². The second-order valence-electron chi connectivity index (χ2n) is 5.56. The van der Waals surface area contributed by atoms with Gasteiger partial charge in [0.15, 0.2) is 11.5 Å². The molecule has 7 heteroatoms. The molecule has 1 aliphatic heterocycles. The lowest BCUT2D eigenvalue weighted by Crippen LogP contribution is -2.34. The zero-order valence-electron chi connectivity index (χ0n) is 14.3. The number of nitrogens with one attached hydrogen (secondary N) is 1. The second-order valence-corrected chi connectivity index (χ2v) is 5.56. The third kappa shape index (κ3) is 4.31. The molecule has 1 atom stereocenters. The van der Waals surface area contributed by atoms with Gasteiger partial charge in [-0.25, -0.2) is 4.79 Å². The van der Waals surface area contributed by atoms with Crippen LogP contribution in [0.1, 0.15) is 26.2 Å². The van der Waals surface area contributed by atoms with Crippen molar-refractivity contribution in [1.82, 2.24) is 5.32 Å². The first-order valence-electron chi connectivity index (χ1n) is 8.06. The summed E-state index contributed by atoms with van der Waals surface area (Å²) in [6.07, 6.45) is 1.52. The van der Waals surface area contributed by atoms with E-state index in [4.69, 9.17) is 14.2 Å². The zero-order chi connectivity index (χ0) is 17.5. The van der Waals surface area contributed by atoms with Crippen LogP contribution in [0.5, 0.6) is 11.5 Å². The minimum Gasteiger partial charge on any atom is -0.493 e. The molecule has 1 aliphatic rings. The lowest BCUT2D eigenvalue weighted by Gasteiger charge is -2.15. The Morgan fingerprint density at radius 2 is 2.08 bits per heavy atom. The maximum absolute atomic E-state index is 12.1. The first-order valence-corrected chi connectivity index (χ1v) is 8.06. The summed E-state index contributed by atoms with van der Waals surface area (Å²) in [5, 5.41) is 2.81. The molecule has 0 aromatic heterocycles. The van der Waals surface area contributed by atoms with Crippen LogP contribution < -0.4 is 19.7 Å². The summed E-state index contributed by atoms with van der Waals surface area (Å²) in [6, 6.07) is 5.23. The van der Waals surface area contributed by atoms with Crippen molar-refractivity contribution in [3.63, 3.8) is 0 Å². The Kier molecular flexibility index (Phi) is 6.28. The summed E-state index contributed by atoms with van der Waals surface area (Å²) in [4.78, 5) is 25.2. The molecule has 24 heavy (non-hydrogen) atoms. The van der Waals surface area contributed by atoms with Gasteiger partial charge in [-0.15, -0.1) is 0 Å². The summed E-state index contributed by atoms with van der Waals surface area (Å²) in [6.45, 7) is 2.73. The van der Waals surface area contributed by atoms with Gasteiger partial charge in [0.25, 0.3) is 0 Å². The quantitative estimate of drug-likeness (QED) is 0.788. The van der Waals surface area contributed by atoms with E-state index in [-0.39, 0.29) is 12.0 Å². The van der Waals surface area contributed by atoms with E-state index in [1.54, 1.807) is 32.4 Å². The summed E-state index contributed by atoms with van der Waals surface area (Å²) >= 11 is 0. The maximum atomic E-state index is 12.1. The van der Waals surface area contributed by atoms with Gasteiger partial charge in [0, 0.05) is 12.5 Å². The van der Waals surface area contributed by atoms with E-state index in [0.29, 0.717) is 36.7 Å². The number of nitrogens with zero attached hydrogens (tertiary/aromatic N) is 1. The predicted molar refractivity (Wildman–Crippen MR) is 89.7 cm³/mol. The molecule has 1 saturated heterocycles. The van der Waals surface area contributed by atoms with Gasteiger partial charge in [-0.2, -0.15) is 0 Å². The number of carbonyl (C=O) groups excluding carboxylic acids is 2. The van der Waals surface area contributed by atoms with Crippen LogP contribution in [0.15, 0.2) is 18.2 Å². The molecule has 2 amide bonds. The molecule has 0 aliphatic carbocycles. The molecule has 1 aromatic rings. The highest BCUT2D eigenvalue weighted by molar-refractivity contribution is 5.90. The van der Waals surface area contributed by atoms with Gasteiger partial charge in [-0.1, -0.05) is 13.3 Å². The number of rotatable bonds is 8. The van der Waals surface area contributed by atoms with Crippen molar-refractivity contribution in [1.29, 1.82) is 0 Å². The third-order valence-corrected chi connectivity index (χ3v) is 3.84. The molecule has 1 aromatic carbocycles. The first kappa shape index (κ1) is 17.9. The van der Waals surface area contributed by atoms with E-state index >= 15 is 0 Å². The molecule has 7 nitrogen and oxygen atoms in total. The van der Waals surface area contributed by atoms with Crippen LogP contribution in [0.25, 0.3) is 0 Å². The molecule has 2 rings (SSSR count). The Balaban J connectivity index is 1.96. The second kappa shape index (κ2) is 8.42. The van der Waals surface area contributed by atoms with Gasteiger partial charge >= 0.3 is 6.09 Å². The number of methoxy groups -OCH3 is 2. The standard InChI is InChI=1S/C17H24N2O5/c1-4-5-6-16(20)18-10-13-11-19(17(21)24-13)12-7-8-14(22-2)15(9-12)23-3/h7-9,13H,4-6,10-11H2,1-3H3,(H,18,20). The minimum atomic E-state index is -0.435.